The summed E-state index contributed by atoms with van der Waals surface area (Å²) < 4.78 is 0. The fraction of sp³-hybridized carbons (Fsp3) is 0.500. The summed E-state index contributed by atoms with van der Waals surface area (Å²) in [6.45, 7) is 2.78. The van der Waals surface area contributed by atoms with Crippen LogP contribution in [0.15, 0.2) is 72.9 Å². The zero-order chi connectivity index (χ0) is 23.5. The zero-order valence-corrected chi connectivity index (χ0v) is 19.9. The minimum atomic E-state index is -0.759. The smallest absolute Gasteiger partial charge is 0.303 e. The standard InChI is InChI=1S/C28H43NO3/c1-2-3-4-5-6-7-8-9-10-11-12-13-14-15-16-17-18-19-21-24-27(30)29-26-23-20-22-25-28(31)32/h3-4,6-7,9-10,12-13,15-16,18-19H,2,5,8,11,14,17,20-26H2,1H3,(H,29,30)(H,31,32). The van der Waals surface area contributed by atoms with Gasteiger partial charge in [0.15, 0.2) is 0 Å². The third-order valence-corrected chi connectivity index (χ3v) is 4.52. The van der Waals surface area contributed by atoms with Gasteiger partial charge in [-0.05, 0) is 57.8 Å². The lowest BCUT2D eigenvalue weighted by atomic mass is 10.2. The van der Waals surface area contributed by atoms with Gasteiger partial charge in [-0.3, -0.25) is 9.59 Å². The second-order valence-electron chi connectivity index (χ2n) is 7.51. The molecule has 0 aromatic heterocycles. The quantitative estimate of drug-likeness (QED) is 0.155. The van der Waals surface area contributed by atoms with E-state index >= 15 is 0 Å². The highest BCUT2D eigenvalue weighted by atomic mass is 16.4. The third kappa shape index (κ3) is 25.4. The lowest BCUT2D eigenvalue weighted by molar-refractivity contribution is -0.137. The average molecular weight is 442 g/mol. The maximum Gasteiger partial charge on any atom is 0.303 e. The molecule has 0 heterocycles. The van der Waals surface area contributed by atoms with E-state index < -0.39 is 5.97 Å². The van der Waals surface area contributed by atoms with Crippen molar-refractivity contribution >= 4 is 11.9 Å². The summed E-state index contributed by atoms with van der Waals surface area (Å²) in [5.74, 6) is -0.701. The number of unbranched alkanes of at least 4 members (excludes halogenated alkanes) is 2. The number of hydrogen-bond acceptors (Lipinski definition) is 2. The summed E-state index contributed by atoms with van der Waals surface area (Å²) in [5, 5.41) is 11.4. The fourth-order valence-electron chi connectivity index (χ4n) is 2.75. The number of nitrogens with one attached hydrogen (secondary N) is 1. The molecule has 0 aliphatic heterocycles. The molecule has 4 heteroatoms. The summed E-state index contributed by atoms with van der Waals surface area (Å²) in [7, 11) is 0. The maximum absolute atomic E-state index is 11.7. The molecule has 1 amide bonds. The summed E-state index contributed by atoms with van der Waals surface area (Å²) >= 11 is 0. The molecule has 0 saturated heterocycles. The van der Waals surface area contributed by atoms with Crippen molar-refractivity contribution in [2.45, 2.75) is 84.0 Å². The number of rotatable bonds is 20. The number of carbonyl (C=O) groups is 2. The highest BCUT2D eigenvalue weighted by molar-refractivity contribution is 5.75. The van der Waals surface area contributed by atoms with E-state index in [1.165, 1.54) is 0 Å². The van der Waals surface area contributed by atoms with Crippen molar-refractivity contribution in [3.63, 3.8) is 0 Å². The Kier molecular flexibility index (Phi) is 22.6. The van der Waals surface area contributed by atoms with E-state index in [4.69, 9.17) is 5.11 Å². The molecular weight excluding hydrogens is 398 g/mol. The van der Waals surface area contributed by atoms with Gasteiger partial charge in [-0.2, -0.15) is 0 Å². The molecule has 0 bridgehead atoms. The van der Waals surface area contributed by atoms with Crippen LogP contribution < -0.4 is 5.32 Å². The van der Waals surface area contributed by atoms with Crippen LogP contribution in [0.3, 0.4) is 0 Å². The van der Waals surface area contributed by atoms with Crippen molar-refractivity contribution in [2.75, 3.05) is 6.54 Å². The number of carbonyl (C=O) groups excluding carboxylic acids is 1. The number of amides is 1. The van der Waals surface area contributed by atoms with Gasteiger partial charge < -0.3 is 10.4 Å². The largest absolute Gasteiger partial charge is 0.481 e. The molecule has 0 aromatic carbocycles. The van der Waals surface area contributed by atoms with Crippen LogP contribution in [0.5, 0.6) is 0 Å². The molecule has 0 aliphatic carbocycles. The summed E-state index contributed by atoms with van der Waals surface area (Å²) in [5.41, 5.74) is 0. The van der Waals surface area contributed by atoms with Crippen molar-refractivity contribution in [3.8, 4) is 0 Å². The van der Waals surface area contributed by atoms with Crippen molar-refractivity contribution in [3.05, 3.63) is 72.9 Å². The Bertz CT molecular complexity index is 639. The number of carboxylic acids is 1. The predicted octanol–water partition coefficient (Wildman–Crippen LogP) is 7.23. The van der Waals surface area contributed by atoms with E-state index in [2.05, 4.69) is 79.1 Å². The maximum atomic E-state index is 11.7. The van der Waals surface area contributed by atoms with Crippen LogP contribution in [0.25, 0.3) is 0 Å². The molecular formula is C28H43NO3. The van der Waals surface area contributed by atoms with Gasteiger partial charge in [-0.25, -0.2) is 0 Å². The molecule has 2 N–H and O–H groups in total. The van der Waals surface area contributed by atoms with Gasteiger partial charge >= 0.3 is 5.97 Å². The zero-order valence-electron chi connectivity index (χ0n) is 19.9. The topological polar surface area (TPSA) is 66.4 Å². The van der Waals surface area contributed by atoms with Crippen molar-refractivity contribution in [1.82, 2.24) is 5.32 Å². The van der Waals surface area contributed by atoms with Gasteiger partial charge in [0.1, 0.15) is 0 Å². The van der Waals surface area contributed by atoms with Crippen molar-refractivity contribution in [2.24, 2.45) is 0 Å². The van der Waals surface area contributed by atoms with E-state index in [0.717, 1.165) is 57.8 Å². The molecule has 0 radical (unpaired) electrons. The van der Waals surface area contributed by atoms with Gasteiger partial charge in [0.25, 0.3) is 0 Å². The molecule has 0 saturated carbocycles. The minimum absolute atomic E-state index is 0.0581. The Labute approximate surface area is 195 Å². The first-order valence-corrected chi connectivity index (χ1v) is 12.0. The van der Waals surface area contributed by atoms with Gasteiger partial charge in [-0.15, -0.1) is 0 Å². The van der Waals surface area contributed by atoms with Crippen LogP contribution in [0.2, 0.25) is 0 Å². The second-order valence-corrected chi connectivity index (χ2v) is 7.51. The first kappa shape index (κ1) is 29.4. The Morgan fingerprint density at radius 2 is 1.09 bits per heavy atom. The molecule has 0 fully saturated rings. The Balaban J connectivity index is 3.54. The van der Waals surface area contributed by atoms with Gasteiger partial charge in [0, 0.05) is 19.4 Å². The van der Waals surface area contributed by atoms with E-state index in [-0.39, 0.29) is 12.3 Å². The molecule has 178 valence electrons. The fourth-order valence-corrected chi connectivity index (χ4v) is 2.75. The molecule has 0 unspecified atom stereocenters. The lowest BCUT2D eigenvalue weighted by Crippen LogP contribution is -2.23. The number of allylic oxidation sites excluding steroid dienone is 12. The molecule has 4 nitrogen and oxygen atoms in total. The first-order chi connectivity index (χ1) is 15.7. The summed E-state index contributed by atoms with van der Waals surface area (Å²) in [6.07, 6.45) is 35.7. The molecule has 0 rings (SSSR count). The highest BCUT2D eigenvalue weighted by Gasteiger charge is 1.99. The Morgan fingerprint density at radius 3 is 1.56 bits per heavy atom. The van der Waals surface area contributed by atoms with Crippen molar-refractivity contribution in [1.29, 1.82) is 0 Å². The SMILES string of the molecule is CCC=CCC=CCC=CCC=CCC=CCC=CCCC(=O)NCCCCCC(=O)O. The molecule has 0 aliphatic rings. The highest BCUT2D eigenvalue weighted by Crippen LogP contribution is 2.00. The van der Waals surface area contributed by atoms with Gasteiger partial charge in [0.05, 0.1) is 0 Å². The van der Waals surface area contributed by atoms with Crippen LogP contribution >= 0.6 is 0 Å². The molecule has 0 spiro atoms. The van der Waals surface area contributed by atoms with Crippen LogP contribution in [0.1, 0.15) is 84.0 Å². The molecule has 0 aromatic rings. The number of hydrogen-bond donors (Lipinski definition) is 2. The molecule has 32 heavy (non-hydrogen) atoms. The summed E-state index contributed by atoms with van der Waals surface area (Å²) in [4.78, 5) is 22.1. The van der Waals surface area contributed by atoms with Crippen LogP contribution in [-0.2, 0) is 9.59 Å². The lowest BCUT2D eigenvalue weighted by Gasteiger charge is -2.03. The Hall–Kier alpha value is -2.62. The average Bonchev–Trinajstić information content (AvgIpc) is 2.77. The second kappa shape index (κ2) is 24.6. The predicted molar refractivity (Wildman–Crippen MR) is 137 cm³/mol. The number of aliphatic carboxylic acids is 1. The van der Waals surface area contributed by atoms with Crippen LogP contribution in [-0.4, -0.2) is 23.5 Å². The van der Waals surface area contributed by atoms with E-state index in [1.54, 1.807) is 0 Å². The number of carboxylic acid groups (broad SMARTS) is 1. The summed E-state index contributed by atoms with van der Waals surface area (Å²) in [6, 6.07) is 0. The van der Waals surface area contributed by atoms with E-state index in [9.17, 15) is 9.59 Å². The third-order valence-electron chi connectivity index (χ3n) is 4.52. The van der Waals surface area contributed by atoms with Gasteiger partial charge in [-0.1, -0.05) is 86.3 Å². The molecule has 0 atom stereocenters. The van der Waals surface area contributed by atoms with E-state index in [0.29, 0.717) is 19.4 Å². The first-order valence-electron chi connectivity index (χ1n) is 12.0. The van der Waals surface area contributed by atoms with Crippen LogP contribution in [0, 0.1) is 0 Å². The van der Waals surface area contributed by atoms with Crippen LogP contribution in [0.4, 0.5) is 0 Å². The Morgan fingerprint density at radius 1 is 0.625 bits per heavy atom. The van der Waals surface area contributed by atoms with Crippen molar-refractivity contribution < 1.29 is 14.7 Å². The van der Waals surface area contributed by atoms with Gasteiger partial charge in [0.2, 0.25) is 5.91 Å². The normalized spacial score (nSPS) is 12.5. The van der Waals surface area contributed by atoms with E-state index in [1.807, 2.05) is 6.08 Å². The minimum Gasteiger partial charge on any atom is -0.481 e. The monoisotopic (exact) mass is 441 g/mol.